The molecular formula is C27H29NO5. The number of rotatable bonds is 6. The molecule has 1 heterocycles. The molecule has 0 radical (unpaired) electrons. The number of aromatic hydroxyl groups is 1. The van der Waals surface area contributed by atoms with Crippen LogP contribution in [-0.2, 0) is 14.3 Å². The minimum absolute atomic E-state index is 0.00831. The Labute approximate surface area is 193 Å². The summed E-state index contributed by atoms with van der Waals surface area (Å²) in [6, 6.07) is 14.4. The van der Waals surface area contributed by atoms with Crippen LogP contribution < -0.4 is 10.1 Å². The Kier molecular flexibility index (Phi) is 6.54. The number of hydrogen-bond acceptors (Lipinski definition) is 6. The fourth-order valence-corrected chi connectivity index (χ4v) is 4.81. The Morgan fingerprint density at radius 2 is 1.85 bits per heavy atom. The van der Waals surface area contributed by atoms with Crippen molar-refractivity contribution in [3.05, 3.63) is 82.2 Å². The number of methoxy groups -OCH3 is 1. The number of phenolic OH excluding ortho intramolecular Hbond substituents is 1. The summed E-state index contributed by atoms with van der Waals surface area (Å²) in [6.45, 7) is 4.10. The third-order valence-electron chi connectivity index (χ3n) is 6.29. The third kappa shape index (κ3) is 4.38. The summed E-state index contributed by atoms with van der Waals surface area (Å²) < 4.78 is 11.0. The summed E-state index contributed by atoms with van der Waals surface area (Å²) in [5.41, 5.74) is 4.32. The van der Waals surface area contributed by atoms with E-state index in [9.17, 15) is 14.7 Å². The third-order valence-corrected chi connectivity index (χ3v) is 6.29. The van der Waals surface area contributed by atoms with Crippen LogP contribution in [0.25, 0.3) is 0 Å². The standard InChI is InChI=1S/C27H29NO5/c1-4-13-33-27(31)24-16(2)28-21-14-18(20-7-5-6-8-23(20)32-3)15-22(30)26(21)25(24)17-9-11-19(29)12-10-17/h5-12,18,25,28-29H,4,13-15H2,1-3H3/t18-,25+/m1/s1. The fourth-order valence-electron chi connectivity index (χ4n) is 4.81. The molecule has 2 N–H and O–H groups in total. The van der Waals surface area contributed by atoms with E-state index in [0.717, 1.165) is 22.6 Å². The lowest BCUT2D eigenvalue weighted by Crippen LogP contribution is -2.36. The first-order valence-corrected chi connectivity index (χ1v) is 11.3. The molecule has 0 fully saturated rings. The number of carbonyl (C=O) groups is 2. The van der Waals surface area contributed by atoms with Gasteiger partial charge in [-0.1, -0.05) is 37.3 Å². The topological polar surface area (TPSA) is 84.9 Å². The van der Waals surface area contributed by atoms with Crippen LogP contribution in [0.2, 0.25) is 0 Å². The van der Waals surface area contributed by atoms with E-state index in [-0.39, 0.29) is 17.5 Å². The summed E-state index contributed by atoms with van der Waals surface area (Å²) >= 11 is 0. The van der Waals surface area contributed by atoms with Gasteiger partial charge in [-0.2, -0.15) is 0 Å². The van der Waals surface area contributed by atoms with E-state index in [1.54, 1.807) is 31.4 Å². The molecule has 6 heteroatoms. The molecule has 1 aliphatic heterocycles. The quantitative estimate of drug-likeness (QED) is 0.624. The van der Waals surface area contributed by atoms with Gasteiger partial charge in [-0.3, -0.25) is 4.79 Å². The number of benzene rings is 2. The van der Waals surface area contributed by atoms with Gasteiger partial charge in [0, 0.05) is 35.2 Å². The maximum atomic E-state index is 13.6. The first-order valence-electron chi connectivity index (χ1n) is 11.3. The molecule has 2 aliphatic rings. The van der Waals surface area contributed by atoms with Gasteiger partial charge < -0.3 is 19.9 Å². The Morgan fingerprint density at radius 3 is 2.55 bits per heavy atom. The van der Waals surface area contributed by atoms with Gasteiger partial charge >= 0.3 is 5.97 Å². The van der Waals surface area contributed by atoms with Crippen molar-refractivity contribution >= 4 is 11.8 Å². The maximum absolute atomic E-state index is 13.6. The van der Waals surface area contributed by atoms with Crippen LogP contribution in [0.1, 0.15) is 56.1 Å². The zero-order chi connectivity index (χ0) is 23.5. The minimum atomic E-state index is -0.544. The van der Waals surface area contributed by atoms with E-state index >= 15 is 0 Å². The molecule has 33 heavy (non-hydrogen) atoms. The van der Waals surface area contributed by atoms with Crippen LogP contribution >= 0.6 is 0 Å². The molecule has 0 saturated heterocycles. The van der Waals surface area contributed by atoms with Gasteiger partial charge in [0.1, 0.15) is 11.5 Å². The Hall–Kier alpha value is -3.54. The van der Waals surface area contributed by atoms with Gasteiger partial charge in [-0.25, -0.2) is 4.79 Å². The lowest BCUT2D eigenvalue weighted by atomic mass is 9.71. The lowest BCUT2D eigenvalue weighted by Gasteiger charge is -2.37. The van der Waals surface area contributed by atoms with Gasteiger partial charge in [0.05, 0.1) is 19.3 Å². The zero-order valence-corrected chi connectivity index (χ0v) is 19.2. The molecule has 0 spiro atoms. The molecule has 6 nitrogen and oxygen atoms in total. The summed E-state index contributed by atoms with van der Waals surface area (Å²) in [4.78, 5) is 26.6. The average molecular weight is 448 g/mol. The smallest absolute Gasteiger partial charge is 0.336 e. The highest BCUT2D eigenvalue weighted by molar-refractivity contribution is 6.04. The van der Waals surface area contributed by atoms with E-state index in [1.165, 1.54) is 0 Å². The van der Waals surface area contributed by atoms with Crippen molar-refractivity contribution in [2.24, 2.45) is 0 Å². The van der Waals surface area contributed by atoms with Crippen LogP contribution in [-0.4, -0.2) is 30.6 Å². The minimum Gasteiger partial charge on any atom is -0.508 e. The molecule has 0 aromatic heterocycles. The summed E-state index contributed by atoms with van der Waals surface area (Å²) in [5.74, 6) is -0.110. The van der Waals surface area contributed by atoms with Crippen LogP contribution in [0.15, 0.2) is 71.1 Å². The van der Waals surface area contributed by atoms with Gasteiger partial charge in [-0.15, -0.1) is 0 Å². The predicted octanol–water partition coefficient (Wildman–Crippen LogP) is 4.72. The molecule has 172 valence electrons. The number of carbonyl (C=O) groups excluding carboxylic acids is 2. The largest absolute Gasteiger partial charge is 0.508 e. The van der Waals surface area contributed by atoms with Crippen molar-refractivity contribution < 1.29 is 24.2 Å². The second-order valence-corrected chi connectivity index (χ2v) is 8.49. The van der Waals surface area contributed by atoms with Crippen molar-refractivity contribution in [3.8, 4) is 11.5 Å². The molecule has 0 bridgehead atoms. The number of phenols is 1. The van der Waals surface area contributed by atoms with Crippen molar-refractivity contribution in [3.63, 3.8) is 0 Å². The molecule has 4 rings (SSSR count). The number of hydrogen-bond donors (Lipinski definition) is 2. The van der Waals surface area contributed by atoms with Crippen LogP contribution in [0.4, 0.5) is 0 Å². The normalized spacial score (nSPS) is 20.3. The number of ether oxygens (including phenoxy) is 2. The van der Waals surface area contributed by atoms with Crippen molar-refractivity contribution in [2.45, 2.75) is 44.9 Å². The molecule has 0 amide bonds. The van der Waals surface area contributed by atoms with Gasteiger partial charge in [0.2, 0.25) is 0 Å². The molecule has 0 saturated carbocycles. The number of esters is 1. The summed E-state index contributed by atoms with van der Waals surface area (Å²) in [6.07, 6.45) is 1.67. The Morgan fingerprint density at radius 1 is 1.12 bits per heavy atom. The molecule has 2 aromatic rings. The highest BCUT2D eigenvalue weighted by atomic mass is 16.5. The SMILES string of the molecule is CCCOC(=O)C1=C(C)NC2=C(C(=O)C[C@H](c3ccccc3OC)C2)[C@H]1c1ccc(O)cc1. The lowest BCUT2D eigenvalue weighted by molar-refractivity contribution is -0.139. The van der Waals surface area contributed by atoms with Gasteiger partial charge in [-0.05, 0) is 49.1 Å². The van der Waals surface area contributed by atoms with Crippen molar-refractivity contribution in [1.29, 1.82) is 0 Å². The highest BCUT2D eigenvalue weighted by Gasteiger charge is 2.41. The average Bonchev–Trinajstić information content (AvgIpc) is 2.82. The van der Waals surface area contributed by atoms with E-state index < -0.39 is 11.9 Å². The molecule has 2 aromatic carbocycles. The second-order valence-electron chi connectivity index (χ2n) is 8.49. The second kappa shape index (κ2) is 9.53. The number of para-hydroxylation sites is 1. The monoisotopic (exact) mass is 447 g/mol. The summed E-state index contributed by atoms with van der Waals surface area (Å²) in [5, 5.41) is 13.1. The molecule has 0 unspecified atom stereocenters. The molecule has 1 aliphatic carbocycles. The Bertz CT molecular complexity index is 1130. The van der Waals surface area contributed by atoms with Crippen LogP contribution in [0.3, 0.4) is 0 Å². The van der Waals surface area contributed by atoms with E-state index in [0.29, 0.717) is 42.7 Å². The predicted molar refractivity (Wildman–Crippen MR) is 125 cm³/mol. The number of dihydropyridines is 1. The van der Waals surface area contributed by atoms with Crippen molar-refractivity contribution in [2.75, 3.05) is 13.7 Å². The number of allylic oxidation sites excluding steroid dienone is 3. The highest BCUT2D eigenvalue weighted by Crippen LogP contribution is 2.47. The fraction of sp³-hybridized carbons (Fsp3) is 0.333. The number of nitrogens with one attached hydrogen (secondary N) is 1. The maximum Gasteiger partial charge on any atom is 0.336 e. The first kappa shape index (κ1) is 22.6. The van der Waals surface area contributed by atoms with Crippen molar-refractivity contribution in [1.82, 2.24) is 5.32 Å². The summed E-state index contributed by atoms with van der Waals surface area (Å²) in [7, 11) is 1.63. The number of ketones is 1. The van der Waals surface area contributed by atoms with Crippen LogP contribution in [0, 0.1) is 0 Å². The van der Waals surface area contributed by atoms with Gasteiger partial charge in [0.15, 0.2) is 5.78 Å². The molecule has 2 atom stereocenters. The Balaban J connectivity index is 1.78. The van der Waals surface area contributed by atoms with E-state index in [4.69, 9.17) is 9.47 Å². The first-order chi connectivity index (χ1) is 15.9. The zero-order valence-electron chi connectivity index (χ0n) is 19.2. The van der Waals surface area contributed by atoms with E-state index in [1.807, 2.05) is 38.1 Å². The van der Waals surface area contributed by atoms with Crippen LogP contribution in [0.5, 0.6) is 11.5 Å². The molecular weight excluding hydrogens is 418 g/mol. The number of Topliss-reactive ketones (excluding diaryl/α,β-unsaturated/α-hetero) is 1. The van der Waals surface area contributed by atoms with Gasteiger partial charge in [0.25, 0.3) is 0 Å². The van der Waals surface area contributed by atoms with E-state index in [2.05, 4.69) is 5.32 Å².